The minimum absolute atomic E-state index is 0.223. The highest BCUT2D eigenvalue weighted by molar-refractivity contribution is 8.77. The predicted molar refractivity (Wildman–Crippen MR) is 64.7 cm³/mol. The molecule has 0 heterocycles. The van der Waals surface area contributed by atoms with Gasteiger partial charge in [0.1, 0.15) is 0 Å². The maximum absolute atomic E-state index is 5.92. The first kappa shape index (κ1) is 13.3. The molecule has 0 amide bonds. The first-order chi connectivity index (χ1) is 5.45. The minimum atomic E-state index is 0.223. The third-order valence-electron chi connectivity index (χ3n) is 1.65. The lowest BCUT2D eigenvalue weighted by Crippen LogP contribution is -2.11. The van der Waals surface area contributed by atoms with Crippen LogP contribution in [0.4, 0.5) is 0 Å². The van der Waals surface area contributed by atoms with E-state index in [1.165, 1.54) is 0 Å². The number of hydrogen-bond acceptors (Lipinski definition) is 2. The third kappa shape index (κ3) is 5.85. The van der Waals surface area contributed by atoms with Crippen LogP contribution in [0.5, 0.6) is 0 Å². The zero-order chi connectivity index (χ0) is 9.72. The summed E-state index contributed by atoms with van der Waals surface area (Å²) in [6.07, 6.45) is 0. The quantitative estimate of drug-likeness (QED) is 0.521. The molecule has 0 N–H and O–H groups in total. The van der Waals surface area contributed by atoms with Gasteiger partial charge in [-0.05, 0) is 13.8 Å². The van der Waals surface area contributed by atoms with Crippen LogP contribution < -0.4 is 0 Å². The van der Waals surface area contributed by atoms with Crippen LogP contribution in [0.25, 0.3) is 0 Å². The van der Waals surface area contributed by atoms with Gasteiger partial charge in [-0.1, -0.05) is 35.4 Å². The van der Waals surface area contributed by atoms with Crippen LogP contribution in [-0.4, -0.2) is 21.3 Å². The summed E-state index contributed by atoms with van der Waals surface area (Å²) in [5, 5.41) is 1.41. The molecule has 0 saturated carbocycles. The molecule has 4 unspecified atom stereocenters. The van der Waals surface area contributed by atoms with Crippen molar-refractivity contribution in [1.82, 2.24) is 0 Å². The van der Waals surface area contributed by atoms with Crippen molar-refractivity contribution in [1.29, 1.82) is 0 Å². The standard InChI is InChI=1S/C8H16Cl2S2/c1-5(9)7(3)11-12-8(4)6(2)10/h5-8H,1-4H3. The Balaban J connectivity index is 3.54. The van der Waals surface area contributed by atoms with Crippen LogP contribution in [0.15, 0.2) is 0 Å². The first-order valence-corrected chi connectivity index (χ1v) is 7.20. The monoisotopic (exact) mass is 246 g/mol. The van der Waals surface area contributed by atoms with Gasteiger partial charge in [-0.2, -0.15) is 0 Å². The van der Waals surface area contributed by atoms with E-state index in [1.807, 2.05) is 35.4 Å². The summed E-state index contributed by atoms with van der Waals surface area (Å²) in [5.41, 5.74) is 0. The Morgan fingerprint density at radius 2 is 1.00 bits per heavy atom. The average Bonchev–Trinajstić information content (AvgIpc) is 1.98. The highest BCUT2D eigenvalue weighted by Gasteiger charge is 2.14. The Bertz CT molecular complexity index is 104. The second-order valence-corrected chi connectivity index (χ2v) is 7.36. The van der Waals surface area contributed by atoms with Gasteiger partial charge in [-0.15, -0.1) is 23.2 Å². The van der Waals surface area contributed by atoms with Crippen molar-refractivity contribution >= 4 is 44.8 Å². The molecule has 0 aliphatic rings. The Morgan fingerprint density at radius 3 is 1.17 bits per heavy atom. The van der Waals surface area contributed by atoms with Crippen molar-refractivity contribution in [3.05, 3.63) is 0 Å². The molecular weight excluding hydrogens is 231 g/mol. The minimum Gasteiger partial charge on any atom is -0.122 e. The van der Waals surface area contributed by atoms with Crippen LogP contribution in [-0.2, 0) is 0 Å². The summed E-state index contributed by atoms with van der Waals surface area (Å²) < 4.78 is 0. The number of alkyl halides is 2. The number of halogens is 2. The van der Waals surface area contributed by atoms with Crippen LogP contribution >= 0.6 is 44.8 Å². The topological polar surface area (TPSA) is 0 Å². The lowest BCUT2D eigenvalue weighted by molar-refractivity contribution is 0.914. The van der Waals surface area contributed by atoms with Gasteiger partial charge in [-0.25, -0.2) is 0 Å². The van der Waals surface area contributed by atoms with E-state index in [4.69, 9.17) is 23.2 Å². The third-order valence-corrected chi connectivity index (χ3v) is 6.40. The molecule has 0 fully saturated rings. The number of hydrogen-bond donors (Lipinski definition) is 0. The maximum Gasteiger partial charge on any atom is 0.0432 e. The summed E-state index contributed by atoms with van der Waals surface area (Å²) >= 11 is 11.8. The molecular formula is C8H16Cl2S2. The van der Waals surface area contributed by atoms with Crippen LogP contribution in [0, 0.1) is 0 Å². The molecule has 0 aromatic rings. The average molecular weight is 247 g/mol. The van der Waals surface area contributed by atoms with Gasteiger partial charge in [0.2, 0.25) is 0 Å². The first-order valence-electron chi connectivity index (χ1n) is 4.05. The smallest absolute Gasteiger partial charge is 0.0432 e. The van der Waals surface area contributed by atoms with Crippen molar-refractivity contribution in [2.45, 2.75) is 48.9 Å². The Hall–Kier alpha value is 1.28. The van der Waals surface area contributed by atoms with E-state index in [-0.39, 0.29) is 10.8 Å². The fourth-order valence-corrected chi connectivity index (χ4v) is 3.71. The lowest BCUT2D eigenvalue weighted by atomic mass is 10.4. The highest BCUT2D eigenvalue weighted by atomic mass is 35.5. The number of rotatable bonds is 5. The second-order valence-electron chi connectivity index (χ2n) is 2.96. The summed E-state index contributed by atoms with van der Waals surface area (Å²) in [4.78, 5) is 0. The highest BCUT2D eigenvalue weighted by Crippen LogP contribution is 2.35. The van der Waals surface area contributed by atoms with E-state index in [0.717, 1.165) is 0 Å². The molecule has 0 nitrogen and oxygen atoms in total. The molecule has 0 rings (SSSR count). The molecule has 4 heteroatoms. The fraction of sp³-hybridized carbons (Fsp3) is 1.00. The molecule has 0 radical (unpaired) electrons. The molecule has 0 aromatic carbocycles. The summed E-state index contributed by atoms with van der Waals surface area (Å²) in [5.74, 6) is 0. The maximum atomic E-state index is 5.92. The molecule has 4 atom stereocenters. The normalized spacial score (nSPS) is 21.5. The van der Waals surface area contributed by atoms with Crippen LogP contribution in [0.1, 0.15) is 27.7 Å². The largest absolute Gasteiger partial charge is 0.122 e. The zero-order valence-electron chi connectivity index (χ0n) is 7.88. The van der Waals surface area contributed by atoms with E-state index in [1.54, 1.807) is 0 Å². The Morgan fingerprint density at radius 1 is 0.750 bits per heavy atom. The molecule has 0 spiro atoms. The van der Waals surface area contributed by atoms with Crippen molar-refractivity contribution in [3.8, 4) is 0 Å². The van der Waals surface area contributed by atoms with Crippen molar-refractivity contribution in [3.63, 3.8) is 0 Å². The molecule has 0 saturated heterocycles. The Kier molecular flexibility index (Phi) is 7.41. The molecule has 74 valence electrons. The molecule has 0 aromatic heterocycles. The Labute approximate surface area is 93.5 Å². The SMILES string of the molecule is CC(Cl)C(C)SSC(C)C(C)Cl. The van der Waals surface area contributed by atoms with Crippen LogP contribution in [0.3, 0.4) is 0 Å². The molecule has 0 bridgehead atoms. The second kappa shape index (κ2) is 6.69. The molecule has 0 aliphatic heterocycles. The zero-order valence-corrected chi connectivity index (χ0v) is 11.0. The van der Waals surface area contributed by atoms with E-state index < -0.39 is 0 Å². The van der Waals surface area contributed by atoms with Crippen LogP contribution in [0.2, 0.25) is 0 Å². The van der Waals surface area contributed by atoms with Gasteiger partial charge >= 0.3 is 0 Å². The van der Waals surface area contributed by atoms with Gasteiger partial charge in [0.25, 0.3) is 0 Å². The van der Waals surface area contributed by atoms with Gasteiger partial charge in [0.15, 0.2) is 0 Å². The van der Waals surface area contributed by atoms with Crippen molar-refractivity contribution < 1.29 is 0 Å². The van der Waals surface area contributed by atoms with Crippen molar-refractivity contribution in [2.24, 2.45) is 0 Å². The van der Waals surface area contributed by atoms with Crippen molar-refractivity contribution in [2.75, 3.05) is 0 Å². The van der Waals surface area contributed by atoms with E-state index in [2.05, 4.69) is 13.8 Å². The summed E-state index contributed by atoms with van der Waals surface area (Å²) in [6.45, 7) is 8.32. The fourth-order valence-electron chi connectivity index (χ4n) is 0.328. The molecule has 0 aliphatic carbocycles. The van der Waals surface area contributed by atoms with E-state index in [9.17, 15) is 0 Å². The predicted octanol–water partition coefficient (Wildman–Crippen LogP) is 4.40. The van der Waals surface area contributed by atoms with Gasteiger partial charge in [0.05, 0.1) is 0 Å². The molecule has 12 heavy (non-hydrogen) atoms. The van der Waals surface area contributed by atoms with Gasteiger partial charge in [-0.3, -0.25) is 0 Å². The van der Waals surface area contributed by atoms with E-state index in [0.29, 0.717) is 10.5 Å². The summed E-state index contributed by atoms with van der Waals surface area (Å²) in [6, 6.07) is 0. The van der Waals surface area contributed by atoms with Gasteiger partial charge < -0.3 is 0 Å². The summed E-state index contributed by atoms with van der Waals surface area (Å²) in [7, 11) is 3.64. The van der Waals surface area contributed by atoms with Gasteiger partial charge in [0, 0.05) is 21.3 Å². The lowest BCUT2D eigenvalue weighted by Gasteiger charge is -2.17. The van der Waals surface area contributed by atoms with E-state index >= 15 is 0 Å².